The number of hydrogen-bond donors (Lipinski definition) is 0. The third kappa shape index (κ3) is 3.56. The fourth-order valence-corrected chi connectivity index (χ4v) is 3.04. The molecule has 0 aromatic heterocycles. The van der Waals surface area contributed by atoms with Crippen LogP contribution in [-0.4, -0.2) is 30.4 Å². The van der Waals surface area contributed by atoms with Crippen LogP contribution in [0.5, 0.6) is 0 Å². The normalized spacial score (nSPS) is 17.9. The van der Waals surface area contributed by atoms with E-state index in [1.807, 2.05) is 0 Å². The molecule has 0 saturated carbocycles. The van der Waals surface area contributed by atoms with Gasteiger partial charge in [-0.25, -0.2) is 0 Å². The van der Waals surface area contributed by atoms with Crippen molar-refractivity contribution >= 4 is 15.9 Å². The van der Waals surface area contributed by atoms with Crippen LogP contribution >= 0.6 is 15.9 Å². The zero-order chi connectivity index (χ0) is 12.1. The van der Waals surface area contributed by atoms with Crippen LogP contribution in [-0.2, 0) is 6.42 Å². The lowest BCUT2D eigenvalue weighted by Gasteiger charge is -2.33. The molecule has 0 radical (unpaired) electrons. The van der Waals surface area contributed by atoms with E-state index in [0.717, 1.165) is 11.2 Å². The van der Waals surface area contributed by atoms with Crippen LogP contribution in [0.1, 0.15) is 36.3 Å². The van der Waals surface area contributed by atoms with E-state index >= 15 is 0 Å². The molecule has 0 amide bonds. The highest BCUT2D eigenvalue weighted by Gasteiger charge is 2.25. The zero-order valence-corrected chi connectivity index (χ0v) is 12.2. The second kappa shape index (κ2) is 6.55. The monoisotopic (exact) mass is 295 g/mol. The van der Waals surface area contributed by atoms with Gasteiger partial charge in [0, 0.05) is 17.8 Å². The van der Waals surface area contributed by atoms with Gasteiger partial charge in [0.25, 0.3) is 0 Å². The fraction of sp³-hybridized carbons (Fsp3) is 0.600. The molecule has 0 fully saturated rings. The molecular formula is C15H22BrN. The highest BCUT2D eigenvalue weighted by atomic mass is 79.9. The standard InChI is InChI=1S/C15H22BrN/c1-17(10-6-2-5-9-16)12-14-11-13-7-3-4-8-15(13)14/h3-4,7-8,14H,2,5-6,9-12H2,1H3. The third-order valence-electron chi connectivity index (χ3n) is 3.67. The van der Waals surface area contributed by atoms with Gasteiger partial charge in [0.05, 0.1) is 0 Å². The lowest BCUT2D eigenvalue weighted by atomic mass is 9.77. The predicted octanol–water partition coefficient (Wildman–Crippen LogP) is 3.82. The van der Waals surface area contributed by atoms with Gasteiger partial charge in [-0.15, -0.1) is 0 Å². The van der Waals surface area contributed by atoms with E-state index < -0.39 is 0 Å². The van der Waals surface area contributed by atoms with Crippen molar-refractivity contribution in [2.45, 2.75) is 31.6 Å². The molecule has 0 spiro atoms. The molecule has 94 valence electrons. The number of unbranched alkanes of at least 4 members (excludes halogenated alkanes) is 2. The number of hydrogen-bond acceptors (Lipinski definition) is 1. The van der Waals surface area contributed by atoms with E-state index in [4.69, 9.17) is 0 Å². The molecule has 0 heterocycles. The number of rotatable bonds is 7. The molecule has 0 saturated heterocycles. The van der Waals surface area contributed by atoms with E-state index in [9.17, 15) is 0 Å². The Hall–Kier alpha value is -0.340. The molecular weight excluding hydrogens is 274 g/mol. The Morgan fingerprint density at radius 2 is 2.06 bits per heavy atom. The van der Waals surface area contributed by atoms with Crippen molar-refractivity contribution < 1.29 is 0 Å². The maximum atomic E-state index is 3.48. The van der Waals surface area contributed by atoms with Gasteiger partial charge < -0.3 is 4.90 Å². The SMILES string of the molecule is CN(CCCCCBr)CC1Cc2ccccc21. The summed E-state index contributed by atoms with van der Waals surface area (Å²) >= 11 is 3.48. The molecule has 1 aromatic rings. The lowest BCUT2D eigenvalue weighted by molar-refractivity contribution is 0.292. The van der Waals surface area contributed by atoms with Crippen molar-refractivity contribution in [3.05, 3.63) is 35.4 Å². The number of alkyl halides is 1. The van der Waals surface area contributed by atoms with E-state index in [0.29, 0.717) is 0 Å². The number of nitrogens with zero attached hydrogens (tertiary/aromatic N) is 1. The Morgan fingerprint density at radius 1 is 1.24 bits per heavy atom. The van der Waals surface area contributed by atoms with E-state index in [1.165, 1.54) is 38.8 Å². The summed E-state index contributed by atoms with van der Waals surface area (Å²) in [6.45, 7) is 2.47. The van der Waals surface area contributed by atoms with E-state index in [-0.39, 0.29) is 0 Å². The fourth-order valence-electron chi connectivity index (χ4n) is 2.65. The second-order valence-electron chi connectivity index (χ2n) is 5.11. The average molecular weight is 296 g/mol. The van der Waals surface area contributed by atoms with Gasteiger partial charge in [0.1, 0.15) is 0 Å². The molecule has 0 aliphatic heterocycles. The van der Waals surface area contributed by atoms with Crippen molar-refractivity contribution in [3.63, 3.8) is 0 Å². The Kier molecular flexibility index (Phi) is 5.05. The van der Waals surface area contributed by atoms with Crippen LogP contribution in [0.3, 0.4) is 0 Å². The van der Waals surface area contributed by atoms with Gasteiger partial charge in [0.2, 0.25) is 0 Å². The third-order valence-corrected chi connectivity index (χ3v) is 4.23. The molecule has 1 aliphatic rings. The van der Waals surface area contributed by atoms with E-state index in [2.05, 4.69) is 52.1 Å². The van der Waals surface area contributed by atoms with E-state index in [1.54, 1.807) is 11.1 Å². The number of fused-ring (bicyclic) bond motifs is 1. The summed E-state index contributed by atoms with van der Waals surface area (Å²) in [6.07, 6.45) is 5.26. The zero-order valence-electron chi connectivity index (χ0n) is 10.7. The summed E-state index contributed by atoms with van der Waals surface area (Å²) in [6, 6.07) is 8.88. The highest BCUT2D eigenvalue weighted by Crippen LogP contribution is 2.35. The molecule has 0 N–H and O–H groups in total. The summed E-state index contributed by atoms with van der Waals surface area (Å²) < 4.78 is 0. The molecule has 1 atom stereocenters. The molecule has 0 bridgehead atoms. The Balaban J connectivity index is 1.69. The lowest BCUT2D eigenvalue weighted by Crippen LogP contribution is -2.31. The first-order valence-corrected chi connectivity index (χ1v) is 7.75. The number of benzene rings is 1. The first kappa shape index (κ1) is 13.1. The smallest absolute Gasteiger partial charge is 0.00505 e. The largest absolute Gasteiger partial charge is 0.306 e. The minimum Gasteiger partial charge on any atom is -0.306 e. The molecule has 1 nitrogen and oxygen atoms in total. The van der Waals surface area contributed by atoms with Crippen molar-refractivity contribution in [1.29, 1.82) is 0 Å². The second-order valence-corrected chi connectivity index (χ2v) is 5.90. The minimum absolute atomic E-state index is 0.785. The first-order chi connectivity index (χ1) is 8.31. The average Bonchev–Trinajstić information content (AvgIpc) is 2.32. The highest BCUT2D eigenvalue weighted by molar-refractivity contribution is 9.09. The van der Waals surface area contributed by atoms with Crippen molar-refractivity contribution in [2.75, 3.05) is 25.5 Å². The van der Waals surface area contributed by atoms with Gasteiger partial charge in [-0.2, -0.15) is 0 Å². The molecule has 17 heavy (non-hydrogen) atoms. The Bertz CT molecular complexity index is 351. The number of likely N-dealkylation sites (N-methyl/N-ethyl adjacent to an activating group) is 1. The number of halogens is 1. The molecule has 2 heteroatoms. The summed E-state index contributed by atoms with van der Waals surface area (Å²) in [5.74, 6) is 0.785. The Morgan fingerprint density at radius 3 is 2.82 bits per heavy atom. The van der Waals surface area contributed by atoms with Crippen molar-refractivity contribution in [3.8, 4) is 0 Å². The maximum Gasteiger partial charge on any atom is 0.00505 e. The molecule has 1 aromatic carbocycles. The summed E-state index contributed by atoms with van der Waals surface area (Å²) in [5, 5.41) is 1.15. The van der Waals surface area contributed by atoms with Crippen LogP contribution < -0.4 is 0 Å². The maximum absolute atomic E-state index is 3.48. The van der Waals surface area contributed by atoms with Crippen molar-refractivity contribution in [1.82, 2.24) is 4.90 Å². The van der Waals surface area contributed by atoms with Crippen LogP contribution in [0.25, 0.3) is 0 Å². The van der Waals surface area contributed by atoms with Gasteiger partial charge in [-0.3, -0.25) is 0 Å². The minimum atomic E-state index is 0.785. The van der Waals surface area contributed by atoms with Gasteiger partial charge in [0.15, 0.2) is 0 Å². The van der Waals surface area contributed by atoms with Gasteiger partial charge in [-0.1, -0.05) is 46.6 Å². The van der Waals surface area contributed by atoms with Gasteiger partial charge >= 0.3 is 0 Å². The Labute approximate surface area is 113 Å². The predicted molar refractivity (Wildman–Crippen MR) is 78.0 cm³/mol. The summed E-state index contributed by atoms with van der Waals surface area (Å²) in [7, 11) is 2.26. The van der Waals surface area contributed by atoms with Crippen LogP contribution in [0.2, 0.25) is 0 Å². The topological polar surface area (TPSA) is 3.24 Å². The molecule has 2 rings (SSSR count). The molecule has 1 unspecified atom stereocenters. The first-order valence-electron chi connectivity index (χ1n) is 6.63. The summed E-state index contributed by atoms with van der Waals surface area (Å²) in [4.78, 5) is 2.49. The van der Waals surface area contributed by atoms with Gasteiger partial charge in [-0.05, 0) is 44.0 Å². The van der Waals surface area contributed by atoms with Crippen molar-refractivity contribution in [2.24, 2.45) is 0 Å². The van der Waals surface area contributed by atoms with Crippen LogP contribution in [0.15, 0.2) is 24.3 Å². The quantitative estimate of drug-likeness (QED) is 0.546. The molecule has 1 aliphatic carbocycles. The van der Waals surface area contributed by atoms with Crippen LogP contribution in [0.4, 0.5) is 0 Å². The summed E-state index contributed by atoms with van der Waals surface area (Å²) in [5.41, 5.74) is 3.14. The van der Waals surface area contributed by atoms with Crippen LogP contribution in [0, 0.1) is 0 Å².